The highest BCUT2D eigenvalue weighted by molar-refractivity contribution is 8.00. The summed E-state index contributed by atoms with van der Waals surface area (Å²) in [7, 11) is 0. The first kappa shape index (κ1) is 20.7. The summed E-state index contributed by atoms with van der Waals surface area (Å²) in [5.74, 6) is 0.625. The van der Waals surface area contributed by atoms with Crippen LogP contribution < -0.4 is 0 Å². The molecule has 160 valence electrons. The Morgan fingerprint density at radius 3 is 2.58 bits per heavy atom. The third-order valence-electron chi connectivity index (χ3n) is 5.89. The fourth-order valence-electron chi connectivity index (χ4n) is 4.41. The van der Waals surface area contributed by atoms with Gasteiger partial charge in [-0.1, -0.05) is 65.8 Å². The summed E-state index contributed by atoms with van der Waals surface area (Å²) in [5, 5.41) is 5.39. The maximum atomic E-state index is 13.2. The molecule has 2 aliphatic heterocycles. The number of hydrogen-bond donors (Lipinski definition) is 0. The van der Waals surface area contributed by atoms with Gasteiger partial charge in [-0.15, -0.1) is 5.10 Å². The summed E-state index contributed by atoms with van der Waals surface area (Å²) in [6, 6.07) is 18.4. The van der Waals surface area contributed by atoms with E-state index in [1.54, 1.807) is 0 Å². The van der Waals surface area contributed by atoms with Gasteiger partial charge in [0.25, 0.3) is 5.91 Å². The van der Waals surface area contributed by atoms with Crippen LogP contribution >= 0.6 is 23.4 Å². The number of fused-ring (bicyclic) bond motifs is 1. The van der Waals surface area contributed by atoms with E-state index in [-0.39, 0.29) is 17.2 Å². The first-order valence-electron chi connectivity index (χ1n) is 10.5. The summed E-state index contributed by atoms with van der Waals surface area (Å²) in [6.45, 7) is 6.46. The molecule has 6 nitrogen and oxygen atoms in total. The lowest BCUT2D eigenvalue weighted by Crippen LogP contribution is -2.50. The van der Waals surface area contributed by atoms with Crippen molar-refractivity contribution in [2.75, 3.05) is 26.2 Å². The molecule has 1 fully saturated rings. The van der Waals surface area contributed by atoms with Crippen LogP contribution in [0.1, 0.15) is 27.8 Å². The third-order valence-corrected chi connectivity index (χ3v) is 7.32. The Hall–Kier alpha value is -2.19. The molecule has 8 heteroatoms. The molecule has 0 N–H and O–H groups in total. The molecule has 31 heavy (non-hydrogen) atoms. The van der Waals surface area contributed by atoms with Gasteiger partial charge < -0.3 is 0 Å². The van der Waals surface area contributed by atoms with Crippen molar-refractivity contribution >= 4 is 29.3 Å². The molecular weight excluding hydrogens is 430 g/mol. The summed E-state index contributed by atoms with van der Waals surface area (Å²) >= 11 is 7.84. The quantitative estimate of drug-likeness (QED) is 0.583. The fraction of sp³-hybridized carbons (Fsp3) is 0.348. The topological polar surface area (TPSA) is 54.3 Å². The number of halogens is 1. The van der Waals surface area contributed by atoms with Crippen LogP contribution in [0.5, 0.6) is 0 Å². The van der Waals surface area contributed by atoms with Crippen molar-refractivity contribution in [2.24, 2.45) is 0 Å². The van der Waals surface area contributed by atoms with Crippen LogP contribution in [0, 0.1) is 6.92 Å². The van der Waals surface area contributed by atoms with Crippen molar-refractivity contribution in [2.45, 2.75) is 29.9 Å². The monoisotopic (exact) mass is 453 g/mol. The second-order valence-corrected chi connectivity index (χ2v) is 9.57. The second kappa shape index (κ2) is 8.74. The number of hydrogen-bond acceptors (Lipinski definition) is 6. The van der Waals surface area contributed by atoms with Gasteiger partial charge in [0.15, 0.2) is 5.16 Å². The molecule has 0 radical (unpaired) electrons. The third kappa shape index (κ3) is 4.28. The molecule has 5 rings (SSSR count). The van der Waals surface area contributed by atoms with Crippen molar-refractivity contribution in [3.05, 3.63) is 76.6 Å². The molecule has 2 unspecified atom stereocenters. The van der Waals surface area contributed by atoms with Crippen LogP contribution in [0.2, 0.25) is 5.02 Å². The fourth-order valence-corrected chi connectivity index (χ4v) is 5.91. The first-order valence-corrected chi connectivity index (χ1v) is 11.7. The van der Waals surface area contributed by atoms with Crippen LogP contribution in [0.3, 0.4) is 0 Å². The number of thioether (sulfide) groups is 1. The van der Waals surface area contributed by atoms with E-state index in [0.717, 1.165) is 38.3 Å². The highest BCUT2D eigenvalue weighted by Crippen LogP contribution is 2.41. The van der Waals surface area contributed by atoms with Gasteiger partial charge in [-0.05, 0) is 30.2 Å². The van der Waals surface area contributed by atoms with Gasteiger partial charge in [0.1, 0.15) is 11.1 Å². The van der Waals surface area contributed by atoms with Crippen LogP contribution in [0.4, 0.5) is 0 Å². The molecular formula is C23H24ClN5OS. The van der Waals surface area contributed by atoms with Gasteiger partial charge in [0.2, 0.25) is 0 Å². The molecule has 0 spiro atoms. The van der Waals surface area contributed by atoms with Crippen molar-refractivity contribution in [1.29, 1.82) is 0 Å². The minimum Gasteiger partial charge on any atom is -0.297 e. The van der Waals surface area contributed by atoms with Crippen LogP contribution in [-0.4, -0.2) is 61.9 Å². The largest absolute Gasteiger partial charge is 0.297 e. The van der Waals surface area contributed by atoms with Crippen molar-refractivity contribution in [3.8, 4) is 0 Å². The minimum absolute atomic E-state index is 0.00251. The Morgan fingerprint density at radius 2 is 1.87 bits per heavy atom. The summed E-state index contributed by atoms with van der Waals surface area (Å²) in [4.78, 5) is 22.5. The van der Waals surface area contributed by atoms with E-state index in [2.05, 4.69) is 56.3 Å². The zero-order valence-corrected chi connectivity index (χ0v) is 18.9. The number of aryl methyl sites for hydroxylation is 1. The molecule has 2 atom stereocenters. The molecule has 3 heterocycles. The van der Waals surface area contributed by atoms with E-state index in [1.807, 2.05) is 25.1 Å². The van der Waals surface area contributed by atoms with E-state index in [0.29, 0.717) is 16.0 Å². The van der Waals surface area contributed by atoms with Crippen LogP contribution in [-0.2, 0) is 6.54 Å². The molecule has 2 aliphatic rings. The maximum Gasteiger partial charge on any atom is 0.264 e. The molecule has 0 bridgehead atoms. The Balaban J connectivity index is 1.36. The normalized spacial score (nSPS) is 20.7. The lowest BCUT2D eigenvalue weighted by Gasteiger charge is -2.41. The highest BCUT2D eigenvalue weighted by atomic mass is 35.5. The molecule has 1 aromatic heterocycles. The number of benzene rings is 2. The van der Waals surface area contributed by atoms with E-state index in [9.17, 15) is 4.79 Å². The number of rotatable bonds is 5. The average molecular weight is 454 g/mol. The van der Waals surface area contributed by atoms with E-state index < -0.39 is 0 Å². The number of nitrogens with zero attached hydrogens (tertiary/aromatic N) is 5. The summed E-state index contributed by atoms with van der Waals surface area (Å²) < 4.78 is 1.47. The zero-order valence-electron chi connectivity index (χ0n) is 17.3. The minimum atomic E-state index is -0.283. The second-order valence-electron chi connectivity index (χ2n) is 8.03. The van der Waals surface area contributed by atoms with Crippen molar-refractivity contribution in [1.82, 2.24) is 24.6 Å². The van der Waals surface area contributed by atoms with E-state index in [1.165, 1.54) is 22.0 Å². The molecule has 2 aromatic carbocycles. The number of carbonyl (C=O) groups excluding carboxylic acids is 1. The van der Waals surface area contributed by atoms with E-state index in [4.69, 9.17) is 11.6 Å². The van der Waals surface area contributed by atoms with Crippen LogP contribution in [0.25, 0.3) is 0 Å². The number of piperazine rings is 1. The standard InChI is InChI=1S/C23H24ClN5OS/c1-16-25-23-29(26-16)22(30)21(31-23)20(18-8-5-9-19(24)14-18)28-12-10-27(11-13-28)15-17-6-3-2-4-7-17/h2-9,14,20-21H,10-13,15H2,1H3. The molecule has 0 aliphatic carbocycles. The lowest BCUT2D eigenvalue weighted by atomic mass is 10.00. The van der Waals surface area contributed by atoms with Gasteiger partial charge in [0, 0.05) is 37.7 Å². The van der Waals surface area contributed by atoms with E-state index >= 15 is 0 Å². The predicted octanol–water partition coefficient (Wildman–Crippen LogP) is 3.91. The molecule has 3 aromatic rings. The van der Waals surface area contributed by atoms with Gasteiger partial charge in [-0.2, -0.15) is 4.68 Å². The zero-order chi connectivity index (χ0) is 21.4. The molecule has 0 saturated carbocycles. The number of carbonyl (C=O) groups is 1. The Labute approximate surface area is 191 Å². The highest BCUT2D eigenvalue weighted by Gasteiger charge is 2.43. The summed E-state index contributed by atoms with van der Waals surface area (Å²) in [5.41, 5.74) is 2.40. The summed E-state index contributed by atoms with van der Waals surface area (Å²) in [6.07, 6.45) is 0. The maximum absolute atomic E-state index is 13.2. The molecule has 1 saturated heterocycles. The molecule has 0 amide bonds. The SMILES string of the molecule is Cc1nc2n(n1)C(=O)C(C(c1cccc(Cl)c1)N1CCN(Cc3ccccc3)CC1)S2. The smallest absolute Gasteiger partial charge is 0.264 e. The predicted molar refractivity (Wildman–Crippen MR) is 123 cm³/mol. The van der Waals surface area contributed by atoms with Gasteiger partial charge in [-0.3, -0.25) is 14.6 Å². The number of aromatic nitrogens is 3. The first-order chi connectivity index (χ1) is 15.1. The Kier molecular flexibility index (Phi) is 5.84. The van der Waals surface area contributed by atoms with Gasteiger partial charge in [-0.25, -0.2) is 4.98 Å². The van der Waals surface area contributed by atoms with Crippen molar-refractivity contribution in [3.63, 3.8) is 0 Å². The van der Waals surface area contributed by atoms with Gasteiger partial charge >= 0.3 is 0 Å². The Bertz CT molecular complexity index is 1080. The van der Waals surface area contributed by atoms with Crippen molar-refractivity contribution < 1.29 is 4.79 Å². The lowest BCUT2D eigenvalue weighted by molar-refractivity contribution is 0.0715. The Morgan fingerprint density at radius 1 is 1.10 bits per heavy atom. The average Bonchev–Trinajstić information content (AvgIpc) is 3.27. The van der Waals surface area contributed by atoms with Crippen LogP contribution in [0.15, 0.2) is 59.8 Å². The van der Waals surface area contributed by atoms with Gasteiger partial charge in [0.05, 0.1) is 6.04 Å².